The van der Waals surface area contributed by atoms with E-state index in [0.717, 1.165) is 24.3 Å². The van der Waals surface area contributed by atoms with Crippen LogP contribution in [0.1, 0.15) is 40.1 Å². The van der Waals surface area contributed by atoms with Crippen LogP contribution in [0.5, 0.6) is 0 Å². The second-order valence-corrected chi connectivity index (χ2v) is 9.26. The Kier molecular flexibility index (Phi) is 9.40. The van der Waals surface area contributed by atoms with E-state index in [9.17, 15) is 9.59 Å². The summed E-state index contributed by atoms with van der Waals surface area (Å²) in [6.45, 7) is 7.25. The maximum absolute atomic E-state index is 13.6. The van der Waals surface area contributed by atoms with E-state index in [4.69, 9.17) is 16.6 Å². The fraction of sp³-hybridized carbons (Fsp3) is 0.222. The quantitative estimate of drug-likeness (QED) is 0.230. The maximum atomic E-state index is 13.6. The molecule has 1 amide bonds. The third-order valence-corrected chi connectivity index (χ3v) is 7.15. The molecule has 0 saturated carbocycles. The number of thiazole rings is 1. The minimum atomic E-state index is -0.152. The fourth-order valence-corrected chi connectivity index (χ4v) is 5.05. The highest BCUT2D eigenvalue weighted by atomic mass is 35.5. The number of rotatable bonds is 9. The number of fused-ring (bicyclic) bond motifs is 1. The van der Waals surface area contributed by atoms with Gasteiger partial charge in [0.1, 0.15) is 5.52 Å². The number of hydrogen-bond acceptors (Lipinski definition) is 5. The molecule has 1 aromatic heterocycles. The highest BCUT2D eigenvalue weighted by Crippen LogP contribution is 2.33. The molecule has 4 rings (SSSR count). The summed E-state index contributed by atoms with van der Waals surface area (Å²) in [5.74, 6) is -0.222. The molecule has 0 aliphatic carbocycles. The van der Waals surface area contributed by atoms with Gasteiger partial charge in [0, 0.05) is 29.8 Å². The van der Waals surface area contributed by atoms with Crippen LogP contribution in [0.15, 0.2) is 72.8 Å². The first-order valence-electron chi connectivity index (χ1n) is 11.3. The highest BCUT2D eigenvalue weighted by Gasteiger charge is 2.23. The number of amides is 1. The number of para-hydroxylation sites is 1. The Bertz CT molecular complexity index is 1290. The average Bonchev–Trinajstić information content (AvgIpc) is 3.32. The molecule has 0 spiro atoms. The number of benzene rings is 3. The van der Waals surface area contributed by atoms with E-state index in [2.05, 4.69) is 18.7 Å². The monoisotopic (exact) mass is 527 g/mol. The van der Waals surface area contributed by atoms with Gasteiger partial charge in [0.2, 0.25) is 0 Å². The molecule has 0 N–H and O–H groups in total. The van der Waals surface area contributed by atoms with E-state index >= 15 is 0 Å². The van der Waals surface area contributed by atoms with Crippen molar-refractivity contribution in [3.05, 3.63) is 94.5 Å². The van der Waals surface area contributed by atoms with Crippen molar-refractivity contribution in [2.45, 2.75) is 13.8 Å². The summed E-state index contributed by atoms with van der Waals surface area (Å²) in [7, 11) is 0. The summed E-state index contributed by atoms with van der Waals surface area (Å²) in [5.41, 5.74) is 2.38. The van der Waals surface area contributed by atoms with Crippen molar-refractivity contribution in [3.63, 3.8) is 0 Å². The maximum Gasteiger partial charge on any atom is 0.260 e. The second kappa shape index (κ2) is 12.3. The zero-order valence-electron chi connectivity index (χ0n) is 19.6. The highest BCUT2D eigenvalue weighted by molar-refractivity contribution is 7.22. The van der Waals surface area contributed by atoms with E-state index in [-0.39, 0.29) is 24.1 Å². The van der Waals surface area contributed by atoms with Crippen LogP contribution < -0.4 is 4.90 Å². The van der Waals surface area contributed by atoms with E-state index in [1.807, 2.05) is 30.3 Å². The minimum absolute atomic E-state index is 0. The van der Waals surface area contributed by atoms with Crippen LogP contribution in [0, 0.1) is 0 Å². The number of carbonyl (C=O) groups is 2. The van der Waals surface area contributed by atoms with Gasteiger partial charge in [0.25, 0.3) is 5.91 Å². The molecule has 0 atom stereocenters. The molecule has 0 bridgehead atoms. The standard InChI is InChI=1S/C27H26ClN3O2S.ClH/c1-3-30(4-2)17-18-31(27-29-24-22(28)11-8-12-23(24)34-27)26(33)21-15-13-20(14-16-21)25(32)19-9-6-5-7-10-19;/h5-16H,3-4,17-18H2,1-2H3;1H. The second-order valence-electron chi connectivity index (χ2n) is 7.84. The molecule has 8 heteroatoms. The largest absolute Gasteiger partial charge is 0.302 e. The first-order chi connectivity index (χ1) is 16.5. The Labute approximate surface area is 220 Å². The number of likely N-dealkylation sites (N-methyl/N-ethyl adjacent to an activating group) is 1. The Balaban J connectivity index is 0.00000342. The van der Waals surface area contributed by atoms with Crippen molar-refractivity contribution >= 4 is 62.4 Å². The van der Waals surface area contributed by atoms with Crippen molar-refractivity contribution in [1.82, 2.24) is 9.88 Å². The van der Waals surface area contributed by atoms with Crippen molar-refractivity contribution < 1.29 is 9.59 Å². The van der Waals surface area contributed by atoms with Gasteiger partial charge in [0.05, 0.1) is 9.72 Å². The number of aromatic nitrogens is 1. The third-order valence-electron chi connectivity index (χ3n) is 5.80. The fourth-order valence-electron chi connectivity index (χ4n) is 3.76. The van der Waals surface area contributed by atoms with Crippen molar-refractivity contribution in [2.75, 3.05) is 31.1 Å². The van der Waals surface area contributed by atoms with Crippen molar-refractivity contribution in [1.29, 1.82) is 0 Å². The summed E-state index contributed by atoms with van der Waals surface area (Å²) in [6.07, 6.45) is 0. The Morgan fingerprint density at radius 1 is 0.829 bits per heavy atom. The first-order valence-corrected chi connectivity index (χ1v) is 12.5. The molecule has 0 aliphatic heterocycles. The summed E-state index contributed by atoms with van der Waals surface area (Å²) in [5, 5.41) is 1.18. The van der Waals surface area contributed by atoms with Crippen LogP contribution in [0.25, 0.3) is 10.2 Å². The van der Waals surface area contributed by atoms with Gasteiger partial charge >= 0.3 is 0 Å². The Morgan fingerprint density at radius 3 is 2.09 bits per heavy atom. The molecule has 5 nitrogen and oxygen atoms in total. The van der Waals surface area contributed by atoms with Crippen LogP contribution in [-0.4, -0.2) is 47.8 Å². The lowest BCUT2D eigenvalue weighted by atomic mass is 10.0. The Morgan fingerprint density at radius 2 is 1.46 bits per heavy atom. The molecule has 3 aromatic carbocycles. The molecule has 0 fully saturated rings. The number of halogens is 2. The topological polar surface area (TPSA) is 53.5 Å². The van der Waals surface area contributed by atoms with Crippen LogP contribution in [0.2, 0.25) is 5.02 Å². The van der Waals surface area contributed by atoms with E-state index < -0.39 is 0 Å². The molecular weight excluding hydrogens is 501 g/mol. The minimum Gasteiger partial charge on any atom is -0.302 e. The predicted octanol–water partition coefficient (Wildman–Crippen LogP) is 6.59. The zero-order valence-corrected chi connectivity index (χ0v) is 22.0. The number of anilines is 1. The molecule has 0 saturated heterocycles. The predicted molar refractivity (Wildman–Crippen MR) is 148 cm³/mol. The van der Waals surface area contributed by atoms with Gasteiger partial charge in [-0.3, -0.25) is 14.5 Å². The molecule has 4 aromatic rings. The van der Waals surface area contributed by atoms with Gasteiger partial charge in [-0.1, -0.05) is 85.3 Å². The van der Waals surface area contributed by atoms with Crippen LogP contribution in [-0.2, 0) is 0 Å². The van der Waals surface area contributed by atoms with Crippen LogP contribution in [0.4, 0.5) is 5.13 Å². The van der Waals surface area contributed by atoms with Gasteiger partial charge < -0.3 is 4.90 Å². The van der Waals surface area contributed by atoms with Gasteiger partial charge in [0.15, 0.2) is 10.9 Å². The van der Waals surface area contributed by atoms with Crippen molar-refractivity contribution in [3.8, 4) is 0 Å². The SMILES string of the molecule is CCN(CC)CCN(C(=O)c1ccc(C(=O)c2ccccc2)cc1)c1nc2c(Cl)cccc2s1.Cl. The molecule has 1 heterocycles. The number of nitrogens with zero attached hydrogens (tertiary/aromatic N) is 3. The summed E-state index contributed by atoms with van der Waals surface area (Å²) >= 11 is 7.79. The number of ketones is 1. The lowest BCUT2D eigenvalue weighted by Gasteiger charge is -2.24. The number of carbonyl (C=O) groups excluding carboxylic acids is 2. The van der Waals surface area contributed by atoms with E-state index in [1.54, 1.807) is 47.4 Å². The van der Waals surface area contributed by atoms with Gasteiger partial charge in [-0.05, 0) is 37.4 Å². The smallest absolute Gasteiger partial charge is 0.260 e. The summed E-state index contributed by atoms with van der Waals surface area (Å²) in [6, 6.07) is 21.6. The molecule has 0 unspecified atom stereocenters. The van der Waals surface area contributed by atoms with Crippen LogP contribution in [0.3, 0.4) is 0 Å². The lowest BCUT2D eigenvalue weighted by molar-refractivity contribution is 0.0981. The third kappa shape index (κ3) is 6.08. The molecular formula is C27H27Cl2N3O2S. The van der Waals surface area contributed by atoms with Crippen LogP contribution >= 0.6 is 35.3 Å². The number of hydrogen-bond donors (Lipinski definition) is 0. The summed E-state index contributed by atoms with van der Waals surface area (Å²) in [4.78, 5) is 35.0. The first kappa shape index (κ1) is 26.8. The van der Waals surface area contributed by atoms with Crippen molar-refractivity contribution in [2.24, 2.45) is 0 Å². The van der Waals surface area contributed by atoms with E-state index in [1.165, 1.54) is 11.3 Å². The van der Waals surface area contributed by atoms with Gasteiger partial charge in [-0.25, -0.2) is 4.98 Å². The van der Waals surface area contributed by atoms with Gasteiger partial charge in [-0.15, -0.1) is 12.4 Å². The average molecular weight is 529 g/mol. The van der Waals surface area contributed by atoms with Gasteiger partial charge in [-0.2, -0.15) is 0 Å². The summed E-state index contributed by atoms with van der Waals surface area (Å²) < 4.78 is 0.937. The van der Waals surface area contributed by atoms with E-state index in [0.29, 0.717) is 38.9 Å². The zero-order chi connectivity index (χ0) is 24.1. The molecule has 0 aliphatic rings. The molecule has 182 valence electrons. The molecule has 0 radical (unpaired) electrons. The normalized spacial score (nSPS) is 10.9. The molecule has 35 heavy (non-hydrogen) atoms. The lowest BCUT2D eigenvalue weighted by Crippen LogP contribution is -2.38. The Hall–Kier alpha value is -2.77.